The molecular formula is C12H17NO2. The average Bonchev–Trinajstić information content (AvgIpc) is 2.29. The largest absolute Gasteiger partial charge is 0.493 e. The van der Waals surface area contributed by atoms with E-state index in [9.17, 15) is 5.11 Å². The maximum atomic E-state index is 9.84. The van der Waals surface area contributed by atoms with Crippen molar-refractivity contribution in [2.45, 2.75) is 18.9 Å². The van der Waals surface area contributed by atoms with E-state index in [0.717, 1.165) is 12.2 Å². The molecule has 0 aromatic heterocycles. The number of nitrogens with two attached hydrogens (primary N) is 1. The van der Waals surface area contributed by atoms with Gasteiger partial charge in [-0.25, -0.2) is 0 Å². The molecule has 0 bridgehead atoms. The molecule has 1 unspecified atom stereocenters. The highest BCUT2D eigenvalue weighted by Crippen LogP contribution is 2.28. The Balaban J connectivity index is 2.05. The van der Waals surface area contributed by atoms with Gasteiger partial charge in [-0.15, -0.1) is 0 Å². The maximum Gasteiger partial charge on any atom is 0.122 e. The summed E-state index contributed by atoms with van der Waals surface area (Å²) in [7, 11) is 0. The summed E-state index contributed by atoms with van der Waals surface area (Å²) in [5.41, 5.74) is 6.61. The Morgan fingerprint density at radius 3 is 3.07 bits per heavy atom. The molecule has 2 atom stereocenters. The molecule has 0 aliphatic carbocycles. The van der Waals surface area contributed by atoms with Crippen LogP contribution in [0.5, 0.6) is 5.75 Å². The first-order valence-electron chi connectivity index (χ1n) is 5.40. The topological polar surface area (TPSA) is 55.5 Å². The zero-order valence-corrected chi connectivity index (χ0v) is 8.73. The highest BCUT2D eigenvalue weighted by Gasteiger charge is 2.25. The molecule has 1 aliphatic heterocycles. The van der Waals surface area contributed by atoms with E-state index in [1.165, 1.54) is 5.56 Å². The van der Waals surface area contributed by atoms with E-state index >= 15 is 0 Å². The van der Waals surface area contributed by atoms with Gasteiger partial charge in [0.15, 0.2) is 0 Å². The van der Waals surface area contributed by atoms with E-state index in [0.29, 0.717) is 19.6 Å². The van der Waals surface area contributed by atoms with Gasteiger partial charge >= 0.3 is 0 Å². The van der Waals surface area contributed by atoms with Crippen LogP contribution in [0.3, 0.4) is 0 Å². The molecule has 1 aromatic rings. The van der Waals surface area contributed by atoms with Gasteiger partial charge in [0.1, 0.15) is 5.75 Å². The van der Waals surface area contributed by atoms with Crippen LogP contribution in [0.25, 0.3) is 0 Å². The Morgan fingerprint density at radius 2 is 2.27 bits per heavy atom. The normalized spacial score (nSPS) is 21.6. The number of para-hydroxylation sites is 1. The molecule has 3 N–H and O–H groups in total. The van der Waals surface area contributed by atoms with E-state index in [1.54, 1.807) is 0 Å². The van der Waals surface area contributed by atoms with Crippen LogP contribution in [0.15, 0.2) is 24.3 Å². The number of hydrogen-bond donors (Lipinski definition) is 2. The van der Waals surface area contributed by atoms with Gasteiger partial charge in [-0.1, -0.05) is 18.2 Å². The molecule has 1 aromatic carbocycles. The molecule has 0 amide bonds. The minimum atomic E-state index is -0.344. The molecule has 0 saturated heterocycles. The first-order valence-corrected chi connectivity index (χ1v) is 5.40. The van der Waals surface area contributed by atoms with Gasteiger partial charge in [0.25, 0.3) is 0 Å². The molecule has 0 radical (unpaired) electrons. The van der Waals surface area contributed by atoms with Crippen molar-refractivity contribution >= 4 is 0 Å². The van der Waals surface area contributed by atoms with E-state index < -0.39 is 0 Å². The average molecular weight is 207 g/mol. The highest BCUT2D eigenvalue weighted by atomic mass is 16.5. The molecule has 3 nitrogen and oxygen atoms in total. The summed E-state index contributed by atoms with van der Waals surface area (Å²) in [6.45, 7) is 1.12. The molecule has 0 spiro atoms. The zero-order chi connectivity index (χ0) is 10.7. The lowest BCUT2D eigenvalue weighted by atomic mass is 9.90. The van der Waals surface area contributed by atoms with Crippen molar-refractivity contribution < 1.29 is 9.84 Å². The molecule has 1 aliphatic rings. The van der Waals surface area contributed by atoms with Crippen LogP contribution in [0, 0.1) is 5.92 Å². The van der Waals surface area contributed by atoms with Gasteiger partial charge < -0.3 is 15.6 Å². The summed E-state index contributed by atoms with van der Waals surface area (Å²) < 4.78 is 5.60. The third-order valence-corrected chi connectivity index (χ3v) is 2.91. The Hall–Kier alpha value is -1.06. The van der Waals surface area contributed by atoms with Gasteiger partial charge in [0.05, 0.1) is 12.7 Å². The van der Waals surface area contributed by atoms with E-state index in [2.05, 4.69) is 6.07 Å². The third kappa shape index (κ3) is 2.30. The molecule has 3 heteroatoms. The van der Waals surface area contributed by atoms with Gasteiger partial charge in [0, 0.05) is 5.92 Å². The first kappa shape index (κ1) is 10.5. The fourth-order valence-electron chi connectivity index (χ4n) is 2.01. The number of aliphatic hydroxyl groups is 1. The summed E-state index contributed by atoms with van der Waals surface area (Å²) >= 11 is 0. The fourth-order valence-corrected chi connectivity index (χ4v) is 2.01. The van der Waals surface area contributed by atoms with Crippen LogP contribution in [-0.2, 0) is 6.42 Å². The number of benzene rings is 1. The van der Waals surface area contributed by atoms with Crippen LogP contribution in [0.1, 0.15) is 12.0 Å². The number of hydrogen-bond acceptors (Lipinski definition) is 3. The Kier molecular flexibility index (Phi) is 3.23. The van der Waals surface area contributed by atoms with Crippen molar-refractivity contribution in [1.29, 1.82) is 0 Å². The lowest BCUT2D eigenvalue weighted by molar-refractivity contribution is 0.0605. The van der Waals surface area contributed by atoms with Gasteiger partial charge in [-0.3, -0.25) is 0 Å². The molecule has 82 valence electrons. The molecule has 0 fully saturated rings. The predicted molar refractivity (Wildman–Crippen MR) is 58.8 cm³/mol. The van der Waals surface area contributed by atoms with Crippen molar-refractivity contribution in [3.63, 3.8) is 0 Å². The summed E-state index contributed by atoms with van der Waals surface area (Å²) in [6.07, 6.45) is 1.19. The predicted octanol–water partition coefficient (Wildman–Crippen LogP) is 0.947. The monoisotopic (exact) mass is 207 g/mol. The lowest BCUT2D eigenvalue weighted by Gasteiger charge is -2.28. The van der Waals surface area contributed by atoms with Crippen molar-refractivity contribution in [1.82, 2.24) is 0 Å². The maximum absolute atomic E-state index is 9.84. The van der Waals surface area contributed by atoms with Crippen molar-refractivity contribution in [3.05, 3.63) is 29.8 Å². The summed E-state index contributed by atoms with van der Waals surface area (Å²) in [4.78, 5) is 0. The molecule has 0 saturated carbocycles. The first-order chi connectivity index (χ1) is 7.31. The Bertz CT molecular complexity index is 327. The molecule has 15 heavy (non-hydrogen) atoms. The highest BCUT2D eigenvalue weighted by molar-refractivity contribution is 5.35. The minimum Gasteiger partial charge on any atom is -0.493 e. The van der Waals surface area contributed by atoms with Crippen molar-refractivity contribution in [2.24, 2.45) is 11.7 Å². The fraction of sp³-hybridized carbons (Fsp3) is 0.500. The number of fused-ring (bicyclic) bond motifs is 1. The second-order valence-electron chi connectivity index (χ2n) is 4.03. The number of rotatable bonds is 3. The SMILES string of the molecule is NCC[C@H](O)C1COc2ccccc2C1. The summed E-state index contributed by atoms with van der Waals surface area (Å²) in [6, 6.07) is 7.99. The molecular weight excluding hydrogens is 190 g/mol. The molecule has 2 rings (SSSR count). The van der Waals surface area contributed by atoms with Crippen LogP contribution < -0.4 is 10.5 Å². The van der Waals surface area contributed by atoms with Gasteiger partial charge in [0.2, 0.25) is 0 Å². The van der Waals surface area contributed by atoms with Crippen LogP contribution in [0.4, 0.5) is 0 Å². The van der Waals surface area contributed by atoms with Crippen LogP contribution in [0.2, 0.25) is 0 Å². The third-order valence-electron chi connectivity index (χ3n) is 2.91. The second kappa shape index (κ2) is 4.64. The van der Waals surface area contributed by atoms with E-state index in [4.69, 9.17) is 10.5 Å². The summed E-state index contributed by atoms with van der Waals surface area (Å²) in [5.74, 6) is 1.14. The number of ether oxygens (including phenoxy) is 1. The van der Waals surface area contributed by atoms with Crippen LogP contribution in [-0.4, -0.2) is 24.4 Å². The quantitative estimate of drug-likeness (QED) is 0.775. The van der Waals surface area contributed by atoms with Gasteiger partial charge in [-0.2, -0.15) is 0 Å². The van der Waals surface area contributed by atoms with E-state index in [1.807, 2.05) is 18.2 Å². The second-order valence-corrected chi connectivity index (χ2v) is 4.03. The number of aliphatic hydroxyl groups excluding tert-OH is 1. The Morgan fingerprint density at radius 1 is 1.47 bits per heavy atom. The zero-order valence-electron chi connectivity index (χ0n) is 8.73. The Labute approximate surface area is 89.9 Å². The van der Waals surface area contributed by atoms with Gasteiger partial charge in [-0.05, 0) is 31.0 Å². The summed E-state index contributed by atoms with van der Waals surface area (Å²) in [5, 5.41) is 9.84. The smallest absolute Gasteiger partial charge is 0.122 e. The minimum absolute atomic E-state index is 0.184. The standard InChI is InChI=1S/C12H17NO2/c13-6-5-11(14)10-7-9-3-1-2-4-12(9)15-8-10/h1-4,10-11,14H,5-8,13H2/t10?,11-/m0/s1. The molecule has 1 heterocycles. The lowest BCUT2D eigenvalue weighted by Crippen LogP contribution is -2.33. The van der Waals surface area contributed by atoms with Crippen LogP contribution >= 0.6 is 0 Å². The van der Waals surface area contributed by atoms with Crippen molar-refractivity contribution in [3.8, 4) is 5.75 Å². The van der Waals surface area contributed by atoms with Crippen molar-refractivity contribution in [2.75, 3.05) is 13.2 Å². The van der Waals surface area contributed by atoms with E-state index in [-0.39, 0.29) is 12.0 Å².